The maximum Gasteiger partial charge on any atom is 0.234 e. The van der Waals surface area contributed by atoms with Crippen molar-refractivity contribution < 1.29 is 9.59 Å². The van der Waals surface area contributed by atoms with Gasteiger partial charge in [0.15, 0.2) is 0 Å². The quantitative estimate of drug-likeness (QED) is 0.821. The Morgan fingerprint density at radius 1 is 1.14 bits per heavy atom. The van der Waals surface area contributed by atoms with Crippen molar-refractivity contribution >= 4 is 23.6 Å². The van der Waals surface area contributed by atoms with Crippen molar-refractivity contribution in [2.45, 2.75) is 44.4 Å². The Labute approximate surface area is 131 Å². The van der Waals surface area contributed by atoms with E-state index >= 15 is 0 Å². The molecule has 0 aromatic rings. The summed E-state index contributed by atoms with van der Waals surface area (Å²) >= 11 is 1.69. The van der Waals surface area contributed by atoms with Crippen LogP contribution in [0.25, 0.3) is 0 Å². The fourth-order valence-electron chi connectivity index (χ4n) is 2.23. The molecule has 6 heteroatoms. The molecule has 1 aliphatic heterocycles. The summed E-state index contributed by atoms with van der Waals surface area (Å²) in [4.78, 5) is 27.9. The number of rotatable bonds is 5. The summed E-state index contributed by atoms with van der Waals surface area (Å²) in [6, 6.07) is 0.426. The molecule has 0 spiro atoms. The summed E-state index contributed by atoms with van der Waals surface area (Å²) in [5.74, 6) is 0.892. The van der Waals surface area contributed by atoms with Crippen molar-refractivity contribution in [3.05, 3.63) is 0 Å². The second-order valence-electron chi connectivity index (χ2n) is 6.90. The van der Waals surface area contributed by atoms with Gasteiger partial charge >= 0.3 is 0 Å². The van der Waals surface area contributed by atoms with Crippen molar-refractivity contribution in [1.29, 1.82) is 0 Å². The van der Waals surface area contributed by atoms with Gasteiger partial charge in [-0.3, -0.25) is 14.5 Å². The molecule has 2 amide bonds. The molecule has 120 valence electrons. The summed E-state index contributed by atoms with van der Waals surface area (Å²) in [5, 5.41) is 3.01. The number of nitrogens with zero attached hydrogens (tertiary/aromatic N) is 2. The normalized spacial score (nSPS) is 20.4. The van der Waals surface area contributed by atoms with Crippen LogP contribution in [0, 0.1) is 0 Å². The molecule has 0 bridgehead atoms. The molecule has 2 aliphatic rings. The van der Waals surface area contributed by atoms with Crippen molar-refractivity contribution in [1.82, 2.24) is 15.1 Å². The number of nitrogens with one attached hydrogen (secondary N) is 1. The maximum absolute atomic E-state index is 12.1. The number of hydrogen-bond acceptors (Lipinski definition) is 4. The Balaban J connectivity index is 1.65. The highest BCUT2D eigenvalue weighted by Crippen LogP contribution is 2.23. The van der Waals surface area contributed by atoms with Gasteiger partial charge in [-0.1, -0.05) is 20.8 Å². The van der Waals surface area contributed by atoms with E-state index in [1.54, 1.807) is 11.8 Å². The van der Waals surface area contributed by atoms with Gasteiger partial charge in [0.1, 0.15) is 0 Å². The molecule has 0 radical (unpaired) electrons. The number of hydrogen-bond donors (Lipinski definition) is 1. The molecule has 0 atom stereocenters. The number of thioether (sulfide) groups is 1. The van der Waals surface area contributed by atoms with Crippen molar-refractivity contribution in [3.8, 4) is 0 Å². The average molecular weight is 313 g/mol. The SMILES string of the molecule is CC(C)(C)SCC(=O)N1CCN(CC(=O)NC2CC2)CC1. The molecule has 1 heterocycles. The van der Waals surface area contributed by atoms with E-state index in [-0.39, 0.29) is 16.6 Å². The molecule has 0 aromatic carbocycles. The highest BCUT2D eigenvalue weighted by atomic mass is 32.2. The second kappa shape index (κ2) is 7.01. The maximum atomic E-state index is 12.1. The molecule has 2 fully saturated rings. The molecule has 21 heavy (non-hydrogen) atoms. The zero-order valence-corrected chi connectivity index (χ0v) is 14.2. The largest absolute Gasteiger partial charge is 0.352 e. The van der Waals surface area contributed by atoms with E-state index in [4.69, 9.17) is 0 Å². The van der Waals surface area contributed by atoms with Gasteiger partial charge in [-0.2, -0.15) is 0 Å². The zero-order chi connectivity index (χ0) is 15.5. The topological polar surface area (TPSA) is 52.7 Å². The van der Waals surface area contributed by atoms with Crippen molar-refractivity contribution in [3.63, 3.8) is 0 Å². The molecule has 1 aliphatic carbocycles. The summed E-state index contributed by atoms with van der Waals surface area (Å²) in [5.41, 5.74) is 0. The van der Waals surface area contributed by atoms with E-state index in [2.05, 4.69) is 31.0 Å². The van der Waals surface area contributed by atoms with Crippen LogP contribution in [0.3, 0.4) is 0 Å². The van der Waals surface area contributed by atoms with Crippen LogP contribution in [0.1, 0.15) is 33.6 Å². The standard InChI is InChI=1S/C15H27N3O2S/c1-15(2,3)21-11-14(20)18-8-6-17(7-9-18)10-13(19)16-12-4-5-12/h12H,4-11H2,1-3H3,(H,16,19). The van der Waals surface area contributed by atoms with Crippen molar-refractivity contribution in [2.75, 3.05) is 38.5 Å². The van der Waals surface area contributed by atoms with Crippen LogP contribution in [0.2, 0.25) is 0 Å². The molecular formula is C15H27N3O2S. The van der Waals surface area contributed by atoms with Gasteiger partial charge in [0.05, 0.1) is 12.3 Å². The fourth-order valence-corrected chi connectivity index (χ4v) is 2.97. The number of piperazine rings is 1. The van der Waals surface area contributed by atoms with Crippen molar-refractivity contribution in [2.24, 2.45) is 0 Å². The van der Waals surface area contributed by atoms with Crippen LogP contribution < -0.4 is 5.32 Å². The highest BCUT2D eigenvalue weighted by Gasteiger charge is 2.26. The zero-order valence-electron chi connectivity index (χ0n) is 13.4. The van der Waals surface area contributed by atoms with Gasteiger partial charge < -0.3 is 10.2 Å². The summed E-state index contributed by atoms with van der Waals surface area (Å²) in [6.45, 7) is 9.91. The molecule has 1 saturated carbocycles. The lowest BCUT2D eigenvalue weighted by atomic mass is 10.3. The van der Waals surface area contributed by atoms with E-state index in [0.717, 1.165) is 39.0 Å². The van der Waals surface area contributed by atoms with Crippen LogP contribution in [0.4, 0.5) is 0 Å². The smallest absolute Gasteiger partial charge is 0.234 e. The molecule has 2 rings (SSSR count). The van der Waals surface area contributed by atoms with Gasteiger partial charge in [-0.05, 0) is 12.8 Å². The van der Waals surface area contributed by atoms with E-state index in [1.165, 1.54) is 0 Å². The van der Waals surface area contributed by atoms with E-state index in [0.29, 0.717) is 18.3 Å². The fraction of sp³-hybridized carbons (Fsp3) is 0.867. The summed E-state index contributed by atoms with van der Waals surface area (Å²) in [7, 11) is 0. The van der Waals surface area contributed by atoms with E-state index < -0.39 is 0 Å². The second-order valence-corrected chi connectivity index (χ2v) is 8.70. The third-order valence-corrected chi connectivity index (χ3v) is 4.92. The molecule has 0 unspecified atom stereocenters. The van der Waals surface area contributed by atoms with Gasteiger partial charge in [0.2, 0.25) is 11.8 Å². The Hall–Kier alpha value is -0.750. The summed E-state index contributed by atoms with van der Waals surface area (Å²) in [6.07, 6.45) is 2.25. The van der Waals surface area contributed by atoms with Gasteiger partial charge in [-0.15, -0.1) is 11.8 Å². The summed E-state index contributed by atoms with van der Waals surface area (Å²) < 4.78 is 0.123. The predicted molar refractivity (Wildman–Crippen MR) is 86.4 cm³/mol. The average Bonchev–Trinajstić information content (AvgIpc) is 3.19. The third-order valence-electron chi connectivity index (χ3n) is 3.66. The Morgan fingerprint density at radius 3 is 2.29 bits per heavy atom. The molecule has 0 aromatic heterocycles. The lowest BCUT2D eigenvalue weighted by molar-refractivity contribution is -0.130. The first kappa shape index (κ1) is 16.6. The van der Waals surface area contributed by atoms with Gasteiger partial charge in [0, 0.05) is 37.0 Å². The van der Waals surface area contributed by atoms with Crippen LogP contribution in [0.15, 0.2) is 0 Å². The monoisotopic (exact) mass is 313 g/mol. The number of amides is 2. The minimum Gasteiger partial charge on any atom is -0.352 e. The predicted octanol–water partition coefficient (Wildman–Crippen LogP) is 0.941. The third kappa shape index (κ3) is 6.26. The number of carbonyl (C=O) groups is 2. The highest BCUT2D eigenvalue weighted by molar-refractivity contribution is 8.01. The first-order valence-electron chi connectivity index (χ1n) is 7.77. The molecular weight excluding hydrogens is 286 g/mol. The van der Waals surface area contributed by atoms with Gasteiger partial charge in [0.25, 0.3) is 0 Å². The Kier molecular flexibility index (Phi) is 5.54. The van der Waals surface area contributed by atoms with Crippen LogP contribution in [-0.4, -0.2) is 70.9 Å². The van der Waals surface area contributed by atoms with Crippen LogP contribution >= 0.6 is 11.8 Å². The Bertz CT molecular complexity index is 383. The van der Waals surface area contributed by atoms with Crippen LogP contribution in [-0.2, 0) is 9.59 Å². The molecule has 1 saturated heterocycles. The van der Waals surface area contributed by atoms with E-state index in [9.17, 15) is 9.59 Å². The van der Waals surface area contributed by atoms with Gasteiger partial charge in [-0.25, -0.2) is 0 Å². The molecule has 1 N–H and O–H groups in total. The van der Waals surface area contributed by atoms with E-state index in [1.807, 2.05) is 4.90 Å². The number of carbonyl (C=O) groups excluding carboxylic acids is 2. The van der Waals surface area contributed by atoms with Crippen LogP contribution in [0.5, 0.6) is 0 Å². The lowest BCUT2D eigenvalue weighted by Crippen LogP contribution is -2.51. The first-order chi connectivity index (χ1) is 9.83. The lowest BCUT2D eigenvalue weighted by Gasteiger charge is -2.34. The minimum atomic E-state index is 0.123. The Morgan fingerprint density at radius 2 is 1.76 bits per heavy atom. The molecule has 5 nitrogen and oxygen atoms in total. The minimum absolute atomic E-state index is 0.123. The first-order valence-corrected chi connectivity index (χ1v) is 8.75.